The normalized spacial score (nSPS) is 18.5. The van der Waals surface area contributed by atoms with E-state index in [1.807, 2.05) is 7.05 Å². The molecule has 0 bridgehead atoms. The summed E-state index contributed by atoms with van der Waals surface area (Å²) in [5, 5.41) is 11.1. The predicted octanol–water partition coefficient (Wildman–Crippen LogP) is 3.91. The van der Waals surface area contributed by atoms with Crippen LogP contribution in [0.15, 0.2) is 11.6 Å². The van der Waals surface area contributed by atoms with E-state index in [0.29, 0.717) is 17.9 Å². The first-order valence-electron chi connectivity index (χ1n) is 10.1. The molecule has 0 fully saturated rings. The molecule has 3 N–H and O–H groups in total. The zero-order chi connectivity index (χ0) is 18.5. The van der Waals surface area contributed by atoms with E-state index in [9.17, 15) is 9.90 Å². The van der Waals surface area contributed by atoms with Crippen LogP contribution in [0, 0.1) is 5.92 Å². The van der Waals surface area contributed by atoms with Crippen LogP contribution >= 0.6 is 0 Å². The Kier molecular flexibility index (Phi) is 11.8. The molecule has 0 aromatic rings. The monoisotopic (exact) mass is 354 g/mol. The topological polar surface area (TPSA) is 75.8 Å². The van der Waals surface area contributed by atoms with Crippen molar-refractivity contribution in [1.82, 2.24) is 5.01 Å². The van der Waals surface area contributed by atoms with Gasteiger partial charge in [-0.2, -0.15) is 0 Å². The Hall–Kier alpha value is -0.910. The van der Waals surface area contributed by atoms with Crippen molar-refractivity contribution in [3.63, 3.8) is 0 Å². The smallest absolute Gasteiger partial charge is 0.336 e. The van der Waals surface area contributed by atoms with Gasteiger partial charge in [-0.15, -0.1) is 0 Å². The summed E-state index contributed by atoms with van der Waals surface area (Å²) in [5.74, 6) is 6.05. The molecule has 0 saturated carbocycles. The zero-order valence-electron chi connectivity index (χ0n) is 16.2. The third-order valence-corrected chi connectivity index (χ3v) is 5.00. The molecule has 1 heterocycles. The van der Waals surface area contributed by atoms with Crippen LogP contribution in [-0.2, 0) is 9.53 Å². The maximum absolute atomic E-state index is 11.5. The highest BCUT2D eigenvalue weighted by molar-refractivity contribution is 5.90. The summed E-state index contributed by atoms with van der Waals surface area (Å²) < 4.78 is 4.73. The Morgan fingerprint density at radius 3 is 2.36 bits per heavy atom. The molecule has 0 saturated heterocycles. The fraction of sp³-hybridized carbons (Fsp3) is 0.850. The van der Waals surface area contributed by atoms with Crippen molar-refractivity contribution in [3.8, 4) is 0 Å². The maximum atomic E-state index is 11.5. The summed E-state index contributed by atoms with van der Waals surface area (Å²) in [4.78, 5) is 11.5. The third kappa shape index (κ3) is 10.6. The number of carbonyl (C=O) groups is 1. The summed E-state index contributed by atoms with van der Waals surface area (Å²) in [6.45, 7) is 3.16. The van der Waals surface area contributed by atoms with E-state index in [-0.39, 0.29) is 5.97 Å². The van der Waals surface area contributed by atoms with Gasteiger partial charge in [0, 0.05) is 19.2 Å². The molecule has 2 atom stereocenters. The summed E-state index contributed by atoms with van der Waals surface area (Å²) in [5.41, 5.74) is 0.623. The number of hydrazine groups is 1. The van der Waals surface area contributed by atoms with E-state index in [1.54, 1.807) is 5.01 Å². The van der Waals surface area contributed by atoms with Gasteiger partial charge in [-0.3, -0.25) is 10.9 Å². The minimum atomic E-state index is -1.04. The number of hydrogen-bond donors (Lipinski definition) is 2. The first kappa shape index (κ1) is 22.1. The number of nitrogens with two attached hydrogens (primary N) is 1. The molecule has 0 spiro atoms. The molecular formula is C20H38N2O3. The number of nitrogens with zero attached hydrogens (tertiary/aromatic N) is 1. The van der Waals surface area contributed by atoms with Crippen molar-refractivity contribution in [2.75, 3.05) is 13.6 Å². The maximum Gasteiger partial charge on any atom is 0.336 e. The van der Waals surface area contributed by atoms with Crippen LogP contribution in [0.2, 0.25) is 0 Å². The van der Waals surface area contributed by atoms with Crippen LogP contribution in [0.25, 0.3) is 0 Å². The first-order chi connectivity index (χ1) is 12.0. The number of cyclic esters (lactones) is 1. The fourth-order valence-corrected chi connectivity index (χ4v) is 3.44. The lowest BCUT2D eigenvalue weighted by Gasteiger charge is -2.19. The van der Waals surface area contributed by atoms with E-state index in [1.165, 1.54) is 57.4 Å². The standard InChI is InChI=1S/C20H38N2O3/c1-3-4-5-6-7-8-9-11-17(14-15-22(2)21)12-10-13-18-16-19(23)25-20(18)24/h16-17,19,23H,3-15,21H2,1-2H3. The van der Waals surface area contributed by atoms with Crippen LogP contribution in [0.5, 0.6) is 0 Å². The quantitative estimate of drug-likeness (QED) is 0.202. The summed E-state index contributed by atoms with van der Waals surface area (Å²) in [7, 11) is 1.91. The van der Waals surface area contributed by atoms with Gasteiger partial charge in [0.1, 0.15) is 0 Å². The molecule has 0 aromatic heterocycles. The SMILES string of the molecule is CCCCCCCCCC(CCCC1=CC(O)OC1=O)CCN(C)N. The largest absolute Gasteiger partial charge is 0.429 e. The van der Waals surface area contributed by atoms with Crippen LogP contribution in [0.4, 0.5) is 0 Å². The fourth-order valence-electron chi connectivity index (χ4n) is 3.44. The average molecular weight is 355 g/mol. The second-order valence-electron chi connectivity index (χ2n) is 7.43. The first-order valence-corrected chi connectivity index (χ1v) is 10.1. The molecular weight excluding hydrogens is 316 g/mol. The van der Waals surface area contributed by atoms with Crippen LogP contribution < -0.4 is 5.84 Å². The van der Waals surface area contributed by atoms with Crippen molar-refractivity contribution in [1.29, 1.82) is 0 Å². The second kappa shape index (κ2) is 13.3. The number of carbonyl (C=O) groups excluding carboxylic acids is 1. The van der Waals surface area contributed by atoms with E-state index in [4.69, 9.17) is 10.6 Å². The van der Waals surface area contributed by atoms with Gasteiger partial charge in [0.25, 0.3) is 0 Å². The van der Waals surface area contributed by atoms with E-state index < -0.39 is 6.29 Å². The minimum Gasteiger partial charge on any atom is -0.429 e. The Balaban J connectivity index is 2.22. The number of unbranched alkanes of at least 4 members (excludes halogenated alkanes) is 6. The Labute approximate surface area is 153 Å². The average Bonchev–Trinajstić information content (AvgIpc) is 2.88. The molecule has 5 heteroatoms. The van der Waals surface area contributed by atoms with E-state index in [0.717, 1.165) is 25.8 Å². The van der Waals surface area contributed by atoms with Gasteiger partial charge in [0.2, 0.25) is 6.29 Å². The summed E-state index contributed by atoms with van der Waals surface area (Å²) in [6.07, 6.45) is 14.9. The molecule has 5 nitrogen and oxygen atoms in total. The van der Waals surface area contributed by atoms with Crippen LogP contribution in [0.1, 0.15) is 84.0 Å². The van der Waals surface area contributed by atoms with Crippen molar-refractivity contribution in [2.24, 2.45) is 11.8 Å². The molecule has 0 amide bonds. The highest BCUT2D eigenvalue weighted by Gasteiger charge is 2.23. The Bertz CT molecular complexity index is 396. The van der Waals surface area contributed by atoms with Crippen molar-refractivity contribution >= 4 is 5.97 Å². The molecule has 0 radical (unpaired) electrons. The number of hydrogen-bond acceptors (Lipinski definition) is 5. The molecule has 0 aromatic carbocycles. The van der Waals surface area contributed by atoms with E-state index >= 15 is 0 Å². The predicted molar refractivity (Wildman–Crippen MR) is 102 cm³/mol. The highest BCUT2D eigenvalue weighted by atomic mass is 16.6. The number of aliphatic hydroxyl groups is 1. The van der Waals surface area contributed by atoms with Gasteiger partial charge in [-0.1, -0.05) is 64.7 Å². The Morgan fingerprint density at radius 2 is 1.76 bits per heavy atom. The lowest BCUT2D eigenvalue weighted by molar-refractivity contribution is -0.151. The molecule has 1 rings (SSSR count). The van der Waals surface area contributed by atoms with Crippen molar-refractivity contribution in [2.45, 2.75) is 90.3 Å². The minimum absolute atomic E-state index is 0.363. The molecule has 1 aliphatic heterocycles. The molecule has 0 aliphatic carbocycles. The lowest BCUT2D eigenvalue weighted by Crippen LogP contribution is -2.28. The van der Waals surface area contributed by atoms with Gasteiger partial charge in [-0.25, -0.2) is 4.79 Å². The van der Waals surface area contributed by atoms with E-state index in [2.05, 4.69) is 6.92 Å². The van der Waals surface area contributed by atoms with Crippen molar-refractivity contribution < 1.29 is 14.6 Å². The summed E-state index contributed by atoms with van der Waals surface area (Å²) in [6, 6.07) is 0. The van der Waals surface area contributed by atoms with Crippen LogP contribution in [0.3, 0.4) is 0 Å². The van der Waals surface area contributed by atoms with Gasteiger partial charge in [0.15, 0.2) is 0 Å². The second-order valence-corrected chi connectivity index (χ2v) is 7.43. The molecule has 25 heavy (non-hydrogen) atoms. The highest BCUT2D eigenvalue weighted by Crippen LogP contribution is 2.24. The number of rotatable bonds is 15. The number of esters is 1. The van der Waals surface area contributed by atoms with Gasteiger partial charge in [-0.05, 0) is 31.3 Å². The molecule has 1 aliphatic rings. The van der Waals surface area contributed by atoms with Gasteiger partial charge >= 0.3 is 5.97 Å². The van der Waals surface area contributed by atoms with Gasteiger partial charge in [0.05, 0.1) is 0 Å². The number of aliphatic hydroxyl groups excluding tert-OH is 1. The lowest BCUT2D eigenvalue weighted by atomic mass is 9.91. The number of ether oxygens (including phenoxy) is 1. The third-order valence-electron chi connectivity index (χ3n) is 5.00. The zero-order valence-corrected chi connectivity index (χ0v) is 16.2. The van der Waals surface area contributed by atoms with Gasteiger partial charge < -0.3 is 9.84 Å². The van der Waals surface area contributed by atoms with Crippen molar-refractivity contribution in [3.05, 3.63) is 11.6 Å². The van der Waals surface area contributed by atoms with Crippen LogP contribution in [-0.4, -0.2) is 36.0 Å². The Morgan fingerprint density at radius 1 is 1.12 bits per heavy atom. The molecule has 146 valence electrons. The molecule has 2 unspecified atom stereocenters. The summed E-state index contributed by atoms with van der Waals surface area (Å²) >= 11 is 0.